The fourth-order valence-corrected chi connectivity index (χ4v) is 3.00. The van der Waals surface area contributed by atoms with Gasteiger partial charge < -0.3 is 4.74 Å². The Morgan fingerprint density at radius 1 is 0.867 bits per heavy atom. The predicted molar refractivity (Wildman–Crippen MR) is 106 cm³/mol. The summed E-state index contributed by atoms with van der Waals surface area (Å²) in [6.07, 6.45) is -0.893. The summed E-state index contributed by atoms with van der Waals surface area (Å²) in [6.45, 7) is 0.495. The Hall–Kier alpha value is -3.68. The van der Waals surface area contributed by atoms with Crippen molar-refractivity contribution in [3.8, 4) is 28.3 Å². The molecule has 0 radical (unpaired) electrons. The molecule has 2 heterocycles. The van der Waals surface area contributed by atoms with Crippen LogP contribution in [0.1, 0.15) is 11.1 Å². The molecule has 8 heteroatoms. The molecule has 0 amide bonds. The monoisotopic (exact) mass is 410 g/mol. The molecule has 2 aromatic heterocycles. The molecular formula is C22H17F3N4O. The molecule has 0 N–H and O–H groups in total. The summed E-state index contributed by atoms with van der Waals surface area (Å²) in [5, 5.41) is 8.15. The van der Waals surface area contributed by atoms with Gasteiger partial charge in [0.05, 0.1) is 25.4 Å². The number of methoxy groups -OCH3 is 1. The Labute approximate surface area is 170 Å². The molecular weight excluding hydrogens is 393 g/mol. The molecule has 0 aliphatic carbocycles. The summed E-state index contributed by atoms with van der Waals surface area (Å²) in [4.78, 5) is 4.21. The van der Waals surface area contributed by atoms with Crippen molar-refractivity contribution in [1.29, 1.82) is 0 Å². The van der Waals surface area contributed by atoms with Gasteiger partial charge in [0.15, 0.2) is 0 Å². The molecule has 0 aliphatic heterocycles. The number of benzene rings is 2. The zero-order valence-corrected chi connectivity index (χ0v) is 16.0. The van der Waals surface area contributed by atoms with E-state index in [1.165, 1.54) is 12.1 Å². The third kappa shape index (κ3) is 4.32. The van der Waals surface area contributed by atoms with Gasteiger partial charge in [0.2, 0.25) is 5.88 Å². The minimum absolute atomic E-state index is 0.495. The maximum absolute atomic E-state index is 12.7. The van der Waals surface area contributed by atoms with Crippen LogP contribution >= 0.6 is 0 Å². The van der Waals surface area contributed by atoms with Gasteiger partial charge in [0.25, 0.3) is 0 Å². The molecule has 0 bridgehead atoms. The van der Waals surface area contributed by atoms with E-state index in [9.17, 15) is 13.2 Å². The zero-order valence-electron chi connectivity index (χ0n) is 16.0. The first kappa shape index (κ1) is 19.6. The first-order chi connectivity index (χ1) is 14.4. The molecule has 0 unspecified atom stereocenters. The highest BCUT2D eigenvalue weighted by Gasteiger charge is 2.30. The Kier molecular flexibility index (Phi) is 5.22. The average molecular weight is 410 g/mol. The topological polar surface area (TPSA) is 52.8 Å². The maximum Gasteiger partial charge on any atom is 0.416 e. The van der Waals surface area contributed by atoms with Crippen molar-refractivity contribution >= 4 is 0 Å². The van der Waals surface area contributed by atoms with E-state index in [1.54, 1.807) is 30.3 Å². The third-order valence-corrected chi connectivity index (χ3v) is 4.62. The van der Waals surface area contributed by atoms with Crippen molar-refractivity contribution in [3.63, 3.8) is 0 Å². The van der Waals surface area contributed by atoms with Crippen LogP contribution in [0.2, 0.25) is 0 Å². The van der Waals surface area contributed by atoms with Crippen molar-refractivity contribution in [2.24, 2.45) is 0 Å². The number of pyridine rings is 1. The molecule has 0 aliphatic rings. The highest BCUT2D eigenvalue weighted by Crippen LogP contribution is 2.30. The second kappa shape index (κ2) is 7.98. The van der Waals surface area contributed by atoms with Crippen LogP contribution in [0, 0.1) is 0 Å². The lowest BCUT2D eigenvalue weighted by molar-refractivity contribution is -0.137. The lowest BCUT2D eigenvalue weighted by atomic mass is 10.1. The molecule has 2 aromatic carbocycles. The molecule has 0 saturated carbocycles. The minimum atomic E-state index is -4.36. The Bertz CT molecular complexity index is 1120. The smallest absolute Gasteiger partial charge is 0.416 e. The quantitative estimate of drug-likeness (QED) is 0.460. The van der Waals surface area contributed by atoms with E-state index in [2.05, 4.69) is 15.3 Å². The second-order valence-corrected chi connectivity index (χ2v) is 6.66. The van der Waals surface area contributed by atoms with Crippen LogP contribution in [0.4, 0.5) is 13.2 Å². The minimum Gasteiger partial charge on any atom is -0.481 e. The number of ether oxygens (including phenoxy) is 1. The van der Waals surface area contributed by atoms with Gasteiger partial charge in [-0.1, -0.05) is 41.6 Å². The summed E-state index contributed by atoms with van der Waals surface area (Å²) in [5.74, 6) is 0.561. The van der Waals surface area contributed by atoms with Gasteiger partial charge in [-0.15, -0.1) is 5.10 Å². The fraction of sp³-hybridized carbons (Fsp3) is 0.136. The summed E-state index contributed by atoms with van der Waals surface area (Å²) < 4.78 is 44.8. The van der Waals surface area contributed by atoms with E-state index in [1.807, 2.05) is 30.3 Å². The standard InChI is InChI=1S/C22H17F3N4O/c1-30-21-11-8-18(12-26-21)16-4-2-15(3-5-16)13-29-14-20(27-28-29)17-6-9-19(10-7-17)22(23,24)25/h2-12,14H,13H2,1H3. The summed E-state index contributed by atoms with van der Waals surface area (Å²) in [6, 6.07) is 16.6. The number of hydrogen-bond donors (Lipinski definition) is 0. The number of rotatable bonds is 5. The van der Waals surface area contributed by atoms with Crippen molar-refractivity contribution in [2.75, 3.05) is 7.11 Å². The summed E-state index contributed by atoms with van der Waals surface area (Å²) in [5.41, 5.74) is 3.43. The lowest BCUT2D eigenvalue weighted by Gasteiger charge is -2.06. The number of aromatic nitrogens is 4. The van der Waals surface area contributed by atoms with Crippen LogP contribution in [0.15, 0.2) is 73.1 Å². The molecule has 0 atom stereocenters. The highest BCUT2D eigenvalue weighted by atomic mass is 19.4. The van der Waals surface area contributed by atoms with E-state index < -0.39 is 11.7 Å². The van der Waals surface area contributed by atoms with E-state index in [4.69, 9.17) is 4.74 Å². The van der Waals surface area contributed by atoms with Crippen LogP contribution in [0.25, 0.3) is 22.4 Å². The molecule has 30 heavy (non-hydrogen) atoms. The molecule has 0 saturated heterocycles. The number of halogens is 3. The van der Waals surface area contributed by atoms with E-state index >= 15 is 0 Å². The number of nitrogens with zero attached hydrogens (tertiary/aromatic N) is 4. The largest absolute Gasteiger partial charge is 0.481 e. The van der Waals surface area contributed by atoms with Crippen molar-refractivity contribution < 1.29 is 17.9 Å². The van der Waals surface area contributed by atoms with Crippen molar-refractivity contribution in [1.82, 2.24) is 20.0 Å². The third-order valence-electron chi connectivity index (χ3n) is 4.62. The maximum atomic E-state index is 12.7. The van der Waals surface area contributed by atoms with Crippen molar-refractivity contribution in [2.45, 2.75) is 12.7 Å². The van der Waals surface area contributed by atoms with E-state index in [-0.39, 0.29) is 0 Å². The fourth-order valence-electron chi connectivity index (χ4n) is 3.00. The van der Waals surface area contributed by atoms with Gasteiger partial charge in [0.1, 0.15) is 5.69 Å². The lowest BCUT2D eigenvalue weighted by Crippen LogP contribution is -2.03. The molecule has 152 valence electrons. The van der Waals surface area contributed by atoms with Gasteiger partial charge >= 0.3 is 6.18 Å². The first-order valence-electron chi connectivity index (χ1n) is 9.09. The predicted octanol–water partition coefficient (Wildman–Crippen LogP) is 5.08. The summed E-state index contributed by atoms with van der Waals surface area (Å²) >= 11 is 0. The van der Waals surface area contributed by atoms with Crippen LogP contribution in [-0.2, 0) is 12.7 Å². The molecule has 5 nitrogen and oxygen atoms in total. The van der Waals surface area contributed by atoms with Gasteiger partial charge in [-0.05, 0) is 29.3 Å². The molecule has 0 spiro atoms. The van der Waals surface area contributed by atoms with Crippen LogP contribution in [0.3, 0.4) is 0 Å². The Morgan fingerprint density at radius 2 is 1.53 bits per heavy atom. The summed E-state index contributed by atoms with van der Waals surface area (Å²) in [7, 11) is 1.57. The Balaban J connectivity index is 1.45. The zero-order chi connectivity index (χ0) is 21.1. The van der Waals surface area contributed by atoms with Crippen molar-refractivity contribution in [3.05, 3.63) is 84.2 Å². The first-order valence-corrected chi connectivity index (χ1v) is 9.09. The molecule has 0 fully saturated rings. The van der Waals surface area contributed by atoms with E-state index in [0.717, 1.165) is 28.8 Å². The average Bonchev–Trinajstić information content (AvgIpc) is 3.22. The molecule has 4 rings (SSSR count). The van der Waals surface area contributed by atoms with Crippen LogP contribution < -0.4 is 4.74 Å². The van der Waals surface area contributed by atoms with Gasteiger partial charge in [0, 0.05) is 23.4 Å². The van der Waals surface area contributed by atoms with Crippen LogP contribution in [0.5, 0.6) is 5.88 Å². The Morgan fingerprint density at radius 3 is 2.13 bits per heavy atom. The van der Waals surface area contributed by atoms with E-state index in [0.29, 0.717) is 23.7 Å². The second-order valence-electron chi connectivity index (χ2n) is 6.66. The van der Waals surface area contributed by atoms with Gasteiger partial charge in [-0.25, -0.2) is 9.67 Å². The van der Waals surface area contributed by atoms with Crippen LogP contribution in [-0.4, -0.2) is 27.1 Å². The van der Waals surface area contributed by atoms with Gasteiger partial charge in [-0.3, -0.25) is 0 Å². The number of hydrogen-bond acceptors (Lipinski definition) is 4. The SMILES string of the molecule is COc1ccc(-c2ccc(Cn3cc(-c4ccc(C(F)(F)F)cc4)nn3)cc2)cn1. The molecule has 4 aromatic rings. The highest BCUT2D eigenvalue weighted by molar-refractivity contribution is 5.63. The van der Waals surface area contributed by atoms with Gasteiger partial charge in [-0.2, -0.15) is 13.2 Å². The normalized spacial score (nSPS) is 11.5. The number of alkyl halides is 3.